The zero-order valence-electron chi connectivity index (χ0n) is 11.8. The second kappa shape index (κ2) is 5.51. The molecule has 21 heavy (non-hydrogen) atoms. The van der Waals surface area contributed by atoms with Crippen LogP contribution in [0.15, 0.2) is 24.4 Å². The minimum absolute atomic E-state index is 0.0158. The van der Waals surface area contributed by atoms with Crippen molar-refractivity contribution in [2.24, 2.45) is 0 Å². The summed E-state index contributed by atoms with van der Waals surface area (Å²) in [6.07, 6.45) is 5.07. The highest BCUT2D eigenvalue weighted by Gasteiger charge is 2.26. The molecule has 2 heterocycles. The molecule has 1 aliphatic rings. The molecule has 3 rings (SSSR count). The summed E-state index contributed by atoms with van der Waals surface area (Å²) < 4.78 is 1.61. The van der Waals surface area contributed by atoms with Gasteiger partial charge in [0.05, 0.1) is 22.7 Å². The summed E-state index contributed by atoms with van der Waals surface area (Å²) in [6, 6.07) is 4.85. The minimum atomic E-state index is -0.409. The highest BCUT2D eigenvalue weighted by atomic mass is 16.6. The summed E-state index contributed by atoms with van der Waals surface area (Å²) in [5, 5.41) is 18.6. The molecule has 1 aliphatic carbocycles. The molecule has 2 aromatic heterocycles. The third-order valence-corrected chi connectivity index (χ3v) is 3.40. The molecule has 1 N–H and O–H groups in total. The predicted octanol–water partition coefficient (Wildman–Crippen LogP) is 2.87. The Morgan fingerprint density at radius 3 is 2.95 bits per heavy atom. The van der Waals surface area contributed by atoms with Crippen LogP contribution in [0.25, 0.3) is 5.82 Å². The second-order valence-electron chi connectivity index (χ2n) is 5.21. The van der Waals surface area contributed by atoms with Gasteiger partial charge in [0.15, 0.2) is 5.82 Å². The van der Waals surface area contributed by atoms with Gasteiger partial charge in [0.25, 0.3) is 5.69 Å². The Balaban J connectivity index is 1.94. The van der Waals surface area contributed by atoms with Crippen molar-refractivity contribution in [1.29, 1.82) is 0 Å². The van der Waals surface area contributed by atoms with Crippen LogP contribution in [-0.4, -0.2) is 26.2 Å². The molecule has 0 atom stereocenters. The molecule has 0 aliphatic heterocycles. The van der Waals surface area contributed by atoms with E-state index < -0.39 is 4.92 Å². The van der Waals surface area contributed by atoms with Gasteiger partial charge in [-0.1, -0.05) is 6.92 Å². The van der Waals surface area contributed by atoms with Crippen LogP contribution in [0.3, 0.4) is 0 Å². The second-order valence-corrected chi connectivity index (χ2v) is 5.21. The first-order chi connectivity index (χ1) is 10.2. The van der Waals surface area contributed by atoms with Crippen LogP contribution in [0, 0.1) is 10.1 Å². The van der Waals surface area contributed by atoms with Gasteiger partial charge >= 0.3 is 0 Å². The molecule has 1 saturated carbocycles. The lowest BCUT2D eigenvalue weighted by Crippen LogP contribution is -2.07. The summed E-state index contributed by atoms with van der Waals surface area (Å²) >= 11 is 0. The van der Waals surface area contributed by atoms with E-state index in [-0.39, 0.29) is 5.69 Å². The van der Waals surface area contributed by atoms with Crippen LogP contribution < -0.4 is 5.32 Å². The number of nitro groups is 1. The van der Waals surface area contributed by atoms with Crippen LogP contribution in [0.1, 0.15) is 37.8 Å². The van der Waals surface area contributed by atoms with Crippen LogP contribution in [0.2, 0.25) is 0 Å². The SMILES string of the molecule is CCCNc1cc([N+](=O)[O-])cc(-n2ccc(C3CC3)n2)n1. The highest BCUT2D eigenvalue weighted by Crippen LogP contribution is 2.39. The molecule has 110 valence electrons. The molecule has 0 aromatic carbocycles. The fourth-order valence-electron chi connectivity index (χ4n) is 2.13. The van der Waals surface area contributed by atoms with E-state index in [2.05, 4.69) is 15.4 Å². The van der Waals surface area contributed by atoms with E-state index in [1.165, 1.54) is 25.0 Å². The minimum Gasteiger partial charge on any atom is -0.370 e. The largest absolute Gasteiger partial charge is 0.370 e. The predicted molar refractivity (Wildman–Crippen MR) is 78.8 cm³/mol. The van der Waals surface area contributed by atoms with Crippen LogP contribution in [0.4, 0.5) is 11.5 Å². The summed E-state index contributed by atoms with van der Waals surface area (Å²) in [7, 11) is 0. The molecule has 0 saturated heterocycles. The maximum absolute atomic E-state index is 11.1. The smallest absolute Gasteiger partial charge is 0.276 e. The maximum atomic E-state index is 11.1. The topological polar surface area (TPSA) is 85.9 Å². The highest BCUT2D eigenvalue weighted by molar-refractivity contribution is 5.50. The Kier molecular flexibility index (Phi) is 3.55. The van der Waals surface area contributed by atoms with Crippen molar-refractivity contribution in [3.63, 3.8) is 0 Å². The van der Waals surface area contributed by atoms with Crippen molar-refractivity contribution in [3.8, 4) is 5.82 Å². The first-order valence-electron chi connectivity index (χ1n) is 7.13. The summed E-state index contributed by atoms with van der Waals surface area (Å²) in [5.74, 6) is 1.52. The van der Waals surface area contributed by atoms with Gasteiger partial charge in [-0.25, -0.2) is 9.67 Å². The van der Waals surface area contributed by atoms with Crippen molar-refractivity contribution >= 4 is 11.5 Å². The third kappa shape index (κ3) is 3.01. The number of pyridine rings is 1. The van der Waals surface area contributed by atoms with Gasteiger partial charge in [0, 0.05) is 18.7 Å². The number of nitrogens with zero attached hydrogens (tertiary/aromatic N) is 4. The van der Waals surface area contributed by atoms with Gasteiger partial charge < -0.3 is 5.32 Å². The molecule has 7 nitrogen and oxygen atoms in total. The van der Waals surface area contributed by atoms with Gasteiger partial charge in [-0.05, 0) is 25.3 Å². The normalized spacial score (nSPS) is 14.1. The quantitative estimate of drug-likeness (QED) is 0.652. The third-order valence-electron chi connectivity index (χ3n) is 3.40. The Morgan fingerprint density at radius 1 is 1.48 bits per heavy atom. The summed E-state index contributed by atoms with van der Waals surface area (Å²) in [6.45, 7) is 2.75. The summed E-state index contributed by atoms with van der Waals surface area (Å²) in [5.41, 5.74) is 1.05. The van der Waals surface area contributed by atoms with E-state index in [1.807, 2.05) is 19.2 Å². The van der Waals surface area contributed by atoms with Crippen molar-refractivity contribution in [1.82, 2.24) is 14.8 Å². The van der Waals surface area contributed by atoms with Gasteiger partial charge in [0.1, 0.15) is 5.82 Å². The van der Waals surface area contributed by atoms with Gasteiger partial charge in [-0.3, -0.25) is 10.1 Å². The molecule has 1 fully saturated rings. The van der Waals surface area contributed by atoms with Crippen molar-refractivity contribution in [2.75, 3.05) is 11.9 Å². The van der Waals surface area contributed by atoms with E-state index >= 15 is 0 Å². The standard InChI is InChI=1S/C14H17N5O2/c1-2-6-15-13-8-11(19(20)21)9-14(16-13)18-7-5-12(17-18)10-3-4-10/h5,7-10H,2-4,6H2,1H3,(H,15,16). The lowest BCUT2D eigenvalue weighted by Gasteiger charge is -2.07. The average Bonchev–Trinajstić information content (AvgIpc) is 3.22. The van der Waals surface area contributed by atoms with Crippen molar-refractivity contribution < 1.29 is 4.92 Å². The van der Waals surface area contributed by atoms with Crippen molar-refractivity contribution in [2.45, 2.75) is 32.1 Å². The molecule has 0 bridgehead atoms. The molecule has 2 aromatic rings. The van der Waals surface area contributed by atoms with E-state index in [0.717, 1.165) is 18.7 Å². The number of aromatic nitrogens is 3. The van der Waals surface area contributed by atoms with Crippen LogP contribution >= 0.6 is 0 Å². The Labute approximate surface area is 122 Å². The molecule has 0 radical (unpaired) electrons. The monoisotopic (exact) mass is 287 g/mol. The first-order valence-corrected chi connectivity index (χ1v) is 7.13. The Hall–Kier alpha value is -2.44. The lowest BCUT2D eigenvalue weighted by molar-refractivity contribution is -0.384. The van der Waals surface area contributed by atoms with Crippen molar-refractivity contribution in [3.05, 3.63) is 40.2 Å². The lowest BCUT2D eigenvalue weighted by atomic mass is 10.3. The number of hydrogen-bond donors (Lipinski definition) is 1. The van der Waals surface area contributed by atoms with E-state index in [1.54, 1.807) is 4.68 Å². The zero-order valence-corrected chi connectivity index (χ0v) is 11.8. The van der Waals surface area contributed by atoms with Crippen LogP contribution in [-0.2, 0) is 0 Å². The average molecular weight is 287 g/mol. The van der Waals surface area contributed by atoms with Gasteiger partial charge in [-0.2, -0.15) is 5.10 Å². The van der Waals surface area contributed by atoms with E-state index in [0.29, 0.717) is 17.6 Å². The first kappa shape index (κ1) is 13.5. The molecule has 0 spiro atoms. The molecule has 0 unspecified atom stereocenters. The number of nitrogens with one attached hydrogen (secondary N) is 1. The number of rotatable bonds is 6. The number of anilines is 1. The van der Waals surface area contributed by atoms with Crippen LogP contribution in [0.5, 0.6) is 0 Å². The fourth-order valence-corrected chi connectivity index (χ4v) is 2.13. The molecular formula is C14H17N5O2. The van der Waals surface area contributed by atoms with E-state index in [9.17, 15) is 10.1 Å². The number of hydrogen-bond acceptors (Lipinski definition) is 5. The Bertz CT molecular complexity index is 663. The van der Waals surface area contributed by atoms with E-state index in [4.69, 9.17) is 0 Å². The van der Waals surface area contributed by atoms with Gasteiger partial charge in [0.2, 0.25) is 0 Å². The maximum Gasteiger partial charge on any atom is 0.276 e. The zero-order chi connectivity index (χ0) is 14.8. The summed E-state index contributed by atoms with van der Waals surface area (Å²) in [4.78, 5) is 15.0. The molecule has 7 heteroatoms. The molecule has 0 amide bonds. The molecular weight excluding hydrogens is 270 g/mol. The van der Waals surface area contributed by atoms with Gasteiger partial charge in [-0.15, -0.1) is 0 Å². The fraction of sp³-hybridized carbons (Fsp3) is 0.429. The Morgan fingerprint density at radius 2 is 2.29 bits per heavy atom.